The SMILES string of the molecule is O=C(Nc1nccs1)C(c1ncn2c1CC(F)C2)N1Cc2c(Cl)cc(-c3ccc(N4CCOCC4)cc3)c(Cl)c2C1=O. The lowest BCUT2D eigenvalue weighted by Crippen LogP contribution is -2.38. The predicted molar refractivity (Wildman–Crippen MR) is 159 cm³/mol. The number of alkyl halides is 1. The largest absolute Gasteiger partial charge is 0.378 e. The van der Waals surface area contributed by atoms with Crippen LogP contribution in [0.2, 0.25) is 10.0 Å². The number of morpholine rings is 1. The maximum Gasteiger partial charge on any atom is 0.257 e. The molecule has 0 bridgehead atoms. The van der Waals surface area contributed by atoms with Crippen LogP contribution in [-0.2, 0) is 29.0 Å². The third kappa shape index (κ3) is 4.74. The Kier molecular flexibility index (Phi) is 7.13. The molecule has 9 nitrogen and oxygen atoms in total. The first-order chi connectivity index (χ1) is 20.4. The third-order valence-corrected chi connectivity index (χ3v) is 9.36. The molecule has 2 aromatic heterocycles. The van der Waals surface area contributed by atoms with Crippen LogP contribution in [0.15, 0.2) is 48.2 Å². The van der Waals surface area contributed by atoms with Gasteiger partial charge in [0.05, 0.1) is 42.4 Å². The van der Waals surface area contributed by atoms with Gasteiger partial charge in [-0.1, -0.05) is 35.3 Å². The van der Waals surface area contributed by atoms with Gasteiger partial charge in [0, 0.05) is 65.2 Å². The molecule has 2 amide bonds. The van der Waals surface area contributed by atoms with Gasteiger partial charge in [0.25, 0.3) is 11.8 Å². The minimum absolute atomic E-state index is 0.0459. The molecule has 4 aromatic rings. The summed E-state index contributed by atoms with van der Waals surface area (Å²) >= 11 is 15.0. The smallest absolute Gasteiger partial charge is 0.257 e. The van der Waals surface area contributed by atoms with E-state index in [-0.39, 0.29) is 30.1 Å². The van der Waals surface area contributed by atoms with Gasteiger partial charge < -0.3 is 19.1 Å². The Hall–Kier alpha value is -3.51. The number of fused-ring (bicyclic) bond motifs is 2. The number of anilines is 2. The minimum atomic E-state index is -1.14. The molecule has 0 saturated carbocycles. The Balaban J connectivity index is 1.24. The van der Waals surface area contributed by atoms with Crippen molar-refractivity contribution in [1.29, 1.82) is 0 Å². The second-order valence-electron chi connectivity index (χ2n) is 10.4. The van der Waals surface area contributed by atoms with Gasteiger partial charge in [-0.25, -0.2) is 14.4 Å². The highest BCUT2D eigenvalue weighted by atomic mass is 35.5. The zero-order chi connectivity index (χ0) is 29.0. The van der Waals surface area contributed by atoms with E-state index >= 15 is 0 Å². The number of thiazole rings is 1. The maximum atomic E-state index is 14.3. The Labute approximate surface area is 254 Å². The van der Waals surface area contributed by atoms with Crippen LogP contribution in [-0.4, -0.2) is 63.7 Å². The number of carbonyl (C=O) groups is 2. The van der Waals surface area contributed by atoms with E-state index in [2.05, 4.69) is 20.2 Å². The van der Waals surface area contributed by atoms with Crippen LogP contribution >= 0.6 is 34.5 Å². The zero-order valence-corrected chi connectivity index (χ0v) is 24.6. The summed E-state index contributed by atoms with van der Waals surface area (Å²) in [6.07, 6.45) is 2.11. The predicted octanol–water partition coefficient (Wildman–Crippen LogP) is 5.38. The Morgan fingerprint density at radius 1 is 1.17 bits per heavy atom. The van der Waals surface area contributed by atoms with Crippen molar-refractivity contribution in [2.45, 2.75) is 31.7 Å². The van der Waals surface area contributed by atoms with Crippen molar-refractivity contribution in [1.82, 2.24) is 19.4 Å². The average molecular weight is 628 g/mol. The number of halogens is 3. The van der Waals surface area contributed by atoms with Crippen molar-refractivity contribution >= 4 is 57.2 Å². The number of imidazole rings is 1. The highest BCUT2D eigenvalue weighted by Gasteiger charge is 2.43. The fourth-order valence-electron chi connectivity index (χ4n) is 5.91. The van der Waals surface area contributed by atoms with Crippen LogP contribution in [0.5, 0.6) is 0 Å². The summed E-state index contributed by atoms with van der Waals surface area (Å²) in [5.74, 6) is -0.944. The molecule has 1 N–H and O–H groups in total. The third-order valence-electron chi connectivity index (χ3n) is 7.94. The number of hydrogen-bond acceptors (Lipinski definition) is 7. The number of benzene rings is 2. The van der Waals surface area contributed by atoms with Crippen molar-refractivity contribution in [3.8, 4) is 11.1 Å². The number of nitrogens with one attached hydrogen (secondary N) is 1. The van der Waals surface area contributed by atoms with E-state index in [1.165, 1.54) is 22.6 Å². The van der Waals surface area contributed by atoms with Crippen LogP contribution in [0.4, 0.5) is 15.2 Å². The van der Waals surface area contributed by atoms with Crippen LogP contribution in [0, 0.1) is 0 Å². The van der Waals surface area contributed by atoms with Crippen LogP contribution in [0.25, 0.3) is 11.1 Å². The molecule has 3 aliphatic heterocycles. The quantitative estimate of drug-likeness (QED) is 0.309. The summed E-state index contributed by atoms with van der Waals surface area (Å²) < 4.78 is 21.5. The van der Waals surface area contributed by atoms with E-state index in [1.54, 1.807) is 22.2 Å². The molecule has 7 rings (SSSR count). The van der Waals surface area contributed by atoms with Crippen LogP contribution in [0.1, 0.15) is 33.4 Å². The molecule has 3 aliphatic rings. The van der Waals surface area contributed by atoms with Gasteiger partial charge >= 0.3 is 0 Å². The molecule has 2 aromatic carbocycles. The van der Waals surface area contributed by atoms with Crippen molar-refractivity contribution in [2.24, 2.45) is 0 Å². The molecule has 13 heteroatoms. The number of hydrogen-bond donors (Lipinski definition) is 1. The summed E-state index contributed by atoms with van der Waals surface area (Å²) in [7, 11) is 0. The first-order valence-corrected chi connectivity index (χ1v) is 15.2. The number of aromatic nitrogens is 3. The van der Waals surface area contributed by atoms with Crippen LogP contribution in [0.3, 0.4) is 0 Å². The molecule has 0 radical (unpaired) electrons. The number of amides is 2. The molecule has 5 heterocycles. The summed E-state index contributed by atoms with van der Waals surface area (Å²) in [6.45, 7) is 3.21. The molecule has 2 unspecified atom stereocenters. The van der Waals surface area contributed by atoms with Gasteiger partial charge in [0.2, 0.25) is 0 Å². The van der Waals surface area contributed by atoms with E-state index in [0.29, 0.717) is 45.9 Å². The van der Waals surface area contributed by atoms with Crippen molar-refractivity contribution in [3.05, 3.63) is 80.8 Å². The zero-order valence-electron chi connectivity index (χ0n) is 22.2. The summed E-state index contributed by atoms with van der Waals surface area (Å²) in [5, 5.41) is 5.54. The van der Waals surface area contributed by atoms with Gasteiger partial charge in [0.1, 0.15) is 6.17 Å². The first-order valence-electron chi connectivity index (χ1n) is 13.5. The number of carbonyl (C=O) groups excluding carboxylic acids is 2. The lowest BCUT2D eigenvalue weighted by Gasteiger charge is -2.29. The lowest BCUT2D eigenvalue weighted by molar-refractivity contribution is -0.121. The molecule has 1 fully saturated rings. The van der Waals surface area contributed by atoms with E-state index in [9.17, 15) is 14.0 Å². The second kappa shape index (κ2) is 11.0. The Morgan fingerprint density at radius 2 is 1.95 bits per heavy atom. The van der Waals surface area contributed by atoms with E-state index in [4.69, 9.17) is 27.9 Å². The Morgan fingerprint density at radius 3 is 2.69 bits per heavy atom. The molecule has 1 saturated heterocycles. The molecule has 0 aliphatic carbocycles. The molecular weight excluding hydrogens is 602 g/mol. The molecule has 42 heavy (non-hydrogen) atoms. The van der Waals surface area contributed by atoms with Gasteiger partial charge in [-0.3, -0.25) is 14.9 Å². The van der Waals surface area contributed by atoms with Crippen molar-refractivity contribution in [3.63, 3.8) is 0 Å². The first kappa shape index (κ1) is 27.3. The number of nitrogens with zero attached hydrogens (tertiary/aromatic N) is 5. The van der Waals surface area contributed by atoms with E-state index in [0.717, 1.165) is 24.3 Å². The van der Waals surface area contributed by atoms with Gasteiger partial charge in [-0.15, -0.1) is 11.3 Å². The topological polar surface area (TPSA) is 92.6 Å². The number of ether oxygens (including phenoxy) is 1. The van der Waals surface area contributed by atoms with Gasteiger partial charge in [0.15, 0.2) is 11.2 Å². The van der Waals surface area contributed by atoms with Crippen LogP contribution < -0.4 is 10.2 Å². The highest BCUT2D eigenvalue weighted by molar-refractivity contribution is 7.13. The molecule has 216 valence electrons. The summed E-state index contributed by atoms with van der Waals surface area (Å²) in [5.41, 5.74) is 4.21. The van der Waals surface area contributed by atoms with Crippen molar-refractivity contribution in [2.75, 3.05) is 36.5 Å². The molecular formula is C29H25Cl2FN6O3S. The standard InChI is InChI=1S/C29H25Cl2FN6O3S/c30-21-12-19(16-1-3-18(4-2-16)36-6-8-41-9-7-36)24(31)23-20(21)14-38(28(23)40)26(27(39)35-29-33-5-10-42-29)25-22-11-17(32)13-37(22)15-34-25/h1-5,10,12,15,17,26H,6-9,11,13-14H2,(H,33,35,39). The van der Waals surface area contributed by atoms with Crippen molar-refractivity contribution < 1.29 is 18.7 Å². The fraction of sp³-hybridized carbons (Fsp3) is 0.310. The summed E-state index contributed by atoms with van der Waals surface area (Å²) in [6, 6.07) is 8.57. The Bertz CT molecular complexity index is 1670. The average Bonchev–Trinajstić information content (AvgIpc) is 3.78. The molecule has 0 spiro atoms. The van der Waals surface area contributed by atoms with E-state index < -0.39 is 24.0 Å². The maximum absolute atomic E-state index is 14.3. The molecule has 2 atom stereocenters. The highest BCUT2D eigenvalue weighted by Crippen LogP contribution is 2.44. The monoisotopic (exact) mass is 626 g/mol. The lowest BCUT2D eigenvalue weighted by atomic mass is 9.99. The van der Waals surface area contributed by atoms with Gasteiger partial charge in [-0.2, -0.15) is 0 Å². The normalized spacial score (nSPS) is 18.7. The minimum Gasteiger partial charge on any atom is -0.378 e. The summed E-state index contributed by atoms with van der Waals surface area (Å²) in [4.78, 5) is 40.1. The second-order valence-corrected chi connectivity index (χ2v) is 12.1. The number of rotatable bonds is 6. The van der Waals surface area contributed by atoms with Gasteiger partial charge in [-0.05, 0) is 23.8 Å². The van der Waals surface area contributed by atoms with E-state index in [1.807, 2.05) is 24.3 Å². The fourth-order valence-corrected chi connectivity index (χ4v) is 7.06.